The third-order valence-electron chi connectivity index (χ3n) is 4.26. The molecule has 2 aromatic carbocycles. The van der Waals surface area contributed by atoms with E-state index in [2.05, 4.69) is 15.2 Å². The number of hydrogen-bond donors (Lipinski definition) is 0. The lowest BCUT2D eigenvalue weighted by atomic mass is 10.2. The van der Waals surface area contributed by atoms with Crippen LogP contribution in [-0.4, -0.2) is 26.9 Å². The highest BCUT2D eigenvalue weighted by Crippen LogP contribution is 2.32. The Hall–Kier alpha value is -2.54. The molecule has 0 aliphatic carbocycles. The summed E-state index contributed by atoms with van der Waals surface area (Å²) in [5.74, 6) is 2.14. The predicted molar refractivity (Wildman–Crippen MR) is 117 cm³/mol. The van der Waals surface area contributed by atoms with E-state index in [4.69, 9.17) is 27.9 Å². The van der Waals surface area contributed by atoms with Gasteiger partial charge in [-0.05, 0) is 54.1 Å². The van der Waals surface area contributed by atoms with Crippen molar-refractivity contribution in [3.8, 4) is 22.8 Å². The van der Waals surface area contributed by atoms with Gasteiger partial charge in [0.05, 0.1) is 7.11 Å². The van der Waals surface area contributed by atoms with E-state index in [1.807, 2.05) is 53.1 Å². The number of halogens is 2. The largest absolute Gasteiger partial charge is 0.497 e. The van der Waals surface area contributed by atoms with Gasteiger partial charge in [0.25, 0.3) is 0 Å². The van der Waals surface area contributed by atoms with Crippen LogP contribution in [0.15, 0.2) is 72.1 Å². The molecule has 0 aliphatic heterocycles. The first-order valence-corrected chi connectivity index (χ1v) is 10.5. The molecule has 0 radical (unpaired) electrons. The fraction of sp³-hybridized carbons (Fsp3) is 0.0952. The van der Waals surface area contributed by atoms with Gasteiger partial charge in [-0.2, -0.15) is 0 Å². The van der Waals surface area contributed by atoms with E-state index < -0.39 is 0 Å². The molecule has 2 heterocycles. The summed E-state index contributed by atoms with van der Waals surface area (Å²) < 4.78 is 7.28. The number of nitrogens with zero attached hydrogens (tertiary/aromatic N) is 4. The maximum absolute atomic E-state index is 6.32. The normalized spacial score (nSPS) is 10.9. The molecule has 146 valence electrons. The molecular formula is C21H16Cl2N4OS. The van der Waals surface area contributed by atoms with E-state index in [9.17, 15) is 0 Å². The fourth-order valence-electron chi connectivity index (χ4n) is 2.79. The minimum atomic E-state index is 0.615. The van der Waals surface area contributed by atoms with Crippen molar-refractivity contribution in [1.29, 1.82) is 0 Å². The summed E-state index contributed by atoms with van der Waals surface area (Å²) in [6.45, 7) is 0. The number of benzene rings is 2. The Morgan fingerprint density at radius 1 is 1.03 bits per heavy atom. The Bertz CT molecular complexity index is 1120. The van der Waals surface area contributed by atoms with E-state index >= 15 is 0 Å². The van der Waals surface area contributed by atoms with E-state index in [1.54, 1.807) is 37.3 Å². The number of aromatic nitrogens is 4. The molecule has 0 saturated heterocycles. The molecule has 0 fully saturated rings. The molecule has 0 N–H and O–H groups in total. The van der Waals surface area contributed by atoms with Crippen molar-refractivity contribution in [2.45, 2.75) is 10.9 Å². The average molecular weight is 443 g/mol. The van der Waals surface area contributed by atoms with Crippen LogP contribution < -0.4 is 4.74 Å². The van der Waals surface area contributed by atoms with Crippen LogP contribution in [0.5, 0.6) is 5.75 Å². The maximum Gasteiger partial charge on any atom is 0.196 e. The molecule has 4 aromatic rings. The topological polar surface area (TPSA) is 52.8 Å². The first kappa shape index (κ1) is 19.8. The Morgan fingerprint density at radius 3 is 2.55 bits per heavy atom. The third-order valence-corrected chi connectivity index (χ3v) is 5.82. The van der Waals surface area contributed by atoms with Crippen LogP contribution in [0.1, 0.15) is 5.56 Å². The Kier molecular flexibility index (Phi) is 6.04. The Balaban J connectivity index is 1.72. The highest BCUT2D eigenvalue weighted by Gasteiger charge is 2.17. The van der Waals surface area contributed by atoms with Gasteiger partial charge >= 0.3 is 0 Å². The second kappa shape index (κ2) is 8.86. The fourth-order valence-corrected chi connectivity index (χ4v) is 4.30. The molecule has 2 aromatic heterocycles. The van der Waals surface area contributed by atoms with Crippen LogP contribution >= 0.6 is 35.0 Å². The van der Waals surface area contributed by atoms with Gasteiger partial charge < -0.3 is 4.74 Å². The number of methoxy groups -OCH3 is 1. The van der Waals surface area contributed by atoms with Gasteiger partial charge in [0.15, 0.2) is 11.0 Å². The van der Waals surface area contributed by atoms with Crippen molar-refractivity contribution in [1.82, 2.24) is 19.7 Å². The minimum absolute atomic E-state index is 0.615. The lowest BCUT2D eigenvalue weighted by molar-refractivity contribution is 0.414. The van der Waals surface area contributed by atoms with Gasteiger partial charge in [-0.15, -0.1) is 10.2 Å². The molecule has 29 heavy (non-hydrogen) atoms. The maximum atomic E-state index is 6.32. The number of thioether (sulfide) groups is 1. The summed E-state index contributed by atoms with van der Waals surface area (Å²) in [5, 5.41) is 10.8. The van der Waals surface area contributed by atoms with Gasteiger partial charge in [-0.3, -0.25) is 9.55 Å². The van der Waals surface area contributed by atoms with Crippen molar-refractivity contribution < 1.29 is 4.74 Å². The van der Waals surface area contributed by atoms with E-state index in [1.165, 1.54) is 0 Å². The third kappa shape index (κ3) is 4.40. The van der Waals surface area contributed by atoms with Gasteiger partial charge in [0, 0.05) is 39.4 Å². The van der Waals surface area contributed by atoms with Crippen LogP contribution in [0, 0.1) is 0 Å². The van der Waals surface area contributed by atoms with Crippen LogP contribution in [0.2, 0.25) is 10.0 Å². The molecule has 0 saturated carbocycles. The van der Waals surface area contributed by atoms with Crippen molar-refractivity contribution in [3.05, 3.63) is 82.6 Å². The zero-order valence-corrected chi connectivity index (χ0v) is 17.7. The Labute approximate surface area is 182 Å². The van der Waals surface area contributed by atoms with Crippen LogP contribution in [0.25, 0.3) is 17.1 Å². The molecule has 5 nitrogen and oxygen atoms in total. The number of rotatable bonds is 6. The SMILES string of the molecule is COc1ccc(-n2c(SCc3ccc(Cl)cc3Cl)nnc2-c2cccnc2)cc1. The second-order valence-corrected chi connectivity index (χ2v) is 7.89. The second-order valence-electron chi connectivity index (χ2n) is 6.11. The summed E-state index contributed by atoms with van der Waals surface area (Å²) in [5.41, 5.74) is 2.79. The molecule has 0 spiro atoms. The summed E-state index contributed by atoms with van der Waals surface area (Å²) in [6, 6.07) is 17.1. The lowest BCUT2D eigenvalue weighted by Gasteiger charge is -2.11. The van der Waals surface area contributed by atoms with Crippen LogP contribution in [0.3, 0.4) is 0 Å². The summed E-state index contributed by atoms with van der Waals surface area (Å²) in [7, 11) is 1.64. The van der Waals surface area contributed by atoms with Crippen LogP contribution in [-0.2, 0) is 5.75 Å². The highest BCUT2D eigenvalue weighted by molar-refractivity contribution is 7.98. The van der Waals surface area contributed by atoms with Gasteiger partial charge in [-0.1, -0.05) is 41.0 Å². The Morgan fingerprint density at radius 2 is 1.86 bits per heavy atom. The lowest BCUT2D eigenvalue weighted by Crippen LogP contribution is -2.00. The molecule has 0 unspecified atom stereocenters. The summed E-state index contributed by atoms with van der Waals surface area (Å²) in [4.78, 5) is 4.21. The van der Waals surface area contributed by atoms with E-state index in [-0.39, 0.29) is 0 Å². The average Bonchev–Trinajstić information content (AvgIpc) is 3.18. The van der Waals surface area contributed by atoms with Crippen molar-refractivity contribution >= 4 is 35.0 Å². The first-order chi connectivity index (χ1) is 14.2. The van der Waals surface area contributed by atoms with Gasteiger partial charge in [-0.25, -0.2) is 0 Å². The van der Waals surface area contributed by atoms with Gasteiger partial charge in [0.1, 0.15) is 5.75 Å². The van der Waals surface area contributed by atoms with E-state index in [0.29, 0.717) is 21.6 Å². The standard InChI is InChI=1S/C21H16Cl2N4OS/c1-28-18-8-6-17(7-9-18)27-20(14-3-2-10-24-12-14)25-26-21(27)29-13-15-4-5-16(22)11-19(15)23/h2-12H,13H2,1H3. The van der Waals surface area contributed by atoms with Crippen LogP contribution in [0.4, 0.5) is 0 Å². The molecule has 0 aliphatic rings. The van der Waals surface area contributed by atoms with Gasteiger partial charge in [0.2, 0.25) is 0 Å². The zero-order chi connectivity index (χ0) is 20.2. The zero-order valence-electron chi connectivity index (χ0n) is 15.4. The molecule has 0 amide bonds. The predicted octanol–water partition coefficient (Wildman–Crippen LogP) is 5.94. The molecule has 0 bridgehead atoms. The molecule has 8 heteroatoms. The number of pyridine rings is 1. The molecule has 4 rings (SSSR count). The quantitative estimate of drug-likeness (QED) is 0.346. The molecule has 0 atom stereocenters. The monoisotopic (exact) mass is 442 g/mol. The van der Waals surface area contributed by atoms with E-state index in [0.717, 1.165) is 27.7 Å². The van der Waals surface area contributed by atoms with Crippen molar-refractivity contribution in [3.63, 3.8) is 0 Å². The van der Waals surface area contributed by atoms with Crippen molar-refractivity contribution in [2.24, 2.45) is 0 Å². The first-order valence-electron chi connectivity index (χ1n) is 8.72. The summed E-state index contributed by atoms with van der Waals surface area (Å²) >= 11 is 13.9. The summed E-state index contributed by atoms with van der Waals surface area (Å²) in [6.07, 6.45) is 3.50. The minimum Gasteiger partial charge on any atom is -0.497 e. The number of ether oxygens (including phenoxy) is 1. The molecular weight excluding hydrogens is 427 g/mol. The number of hydrogen-bond acceptors (Lipinski definition) is 5. The van der Waals surface area contributed by atoms with Crippen molar-refractivity contribution in [2.75, 3.05) is 7.11 Å². The smallest absolute Gasteiger partial charge is 0.196 e. The highest BCUT2D eigenvalue weighted by atomic mass is 35.5.